The number of fused-ring (bicyclic) bond motifs is 1. The van der Waals surface area contributed by atoms with Gasteiger partial charge in [0, 0.05) is 5.57 Å². The average molecular weight is 299 g/mol. The van der Waals surface area contributed by atoms with Gasteiger partial charge in [-0.2, -0.15) is 0 Å². The molecule has 0 atom stereocenters. The van der Waals surface area contributed by atoms with Crippen LogP contribution < -0.4 is 5.73 Å². The molecule has 0 amide bonds. The molecule has 1 heterocycles. The van der Waals surface area contributed by atoms with Gasteiger partial charge in [0.1, 0.15) is 0 Å². The summed E-state index contributed by atoms with van der Waals surface area (Å²) in [4.78, 5) is 14.9. The van der Waals surface area contributed by atoms with Crippen LogP contribution in [0.2, 0.25) is 0 Å². The van der Waals surface area contributed by atoms with E-state index in [4.69, 9.17) is 10.8 Å². The molecule has 0 spiro atoms. The van der Waals surface area contributed by atoms with E-state index in [1.165, 1.54) is 6.08 Å². The van der Waals surface area contributed by atoms with Crippen LogP contribution in [0.4, 0.5) is 5.95 Å². The largest absolute Gasteiger partial charge is 0.478 e. The zero-order valence-corrected chi connectivity index (χ0v) is 12.0. The van der Waals surface area contributed by atoms with Crippen LogP contribution in [0.25, 0.3) is 6.08 Å². The van der Waals surface area contributed by atoms with E-state index in [0.717, 1.165) is 10.4 Å². The van der Waals surface area contributed by atoms with Crippen LogP contribution in [-0.2, 0) is 21.2 Å². The monoisotopic (exact) mass is 299 g/mol. The molecule has 2 rings (SSSR count). The summed E-state index contributed by atoms with van der Waals surface area (Å²) in [5, 5.41) is 8.96. The summed E-state index contributed by atoms with van der Waals surface area (Å²) in [6.45, 7) is 1.91. The van der Waals surface area contributed by atoms with E-state index in [-0.39, 0.29) is 23.7 Å². The van der Waals surface area contributed by atoms with E-state index in [9.17, 15) is 13.2 Å². The first-order chi connectivity index (χ1) is 9.36. The highest BCUT2D eigenvalue weighted by Gasteiger charge is 2.27. The van der Waals surface area contributed by atoms with Crippen LogP contribution in [0, 0.1) is 0 Å². The Labute approximate surface area is 117 Å². The van der Waals surface area contributed by atoms with Crippen LogP contribution in [-0.4, -0.2) is 34.2 Å². The highest BCUT2D eigenvalue weighted by molar-refractivity contribution is 7.90. The topological polar surface area (TPSA) is 115 Å². The second-order valence-electron chi connectivity index (χ2n) is 4.71. The number of anilines is 1. The molecule has 1 aliphatic rings. The average Bonchev–Trinajstić information content (AvgIpc) is 2.71. The van der Waals surface area contributed by atoms with Gasteiger partial charge in [-0.3, -0.25) is 0 Å². The molecule has 0 saturated heterocycles. The lowest BCUT2D eigenvalue weighted by molar-refractivity contribution is -0.132. The minimum absolute atomic E-state index is 0.00595. The molecule has 0 fully saturated rings. The van der Waals surface area contributed by atoms with Gasteiger partial charge in [-0.05, 0) is 25.3 Å². The number of nitrogen functional groups attached to an aromatic ring is 1. The van der Waals surface area contributed by atoms with Crippen molar-refractivity contribution in [3.63, 3.8) is 0 Å². The number of nitrogens with two attached hydrogens (primary N) is 1. The molecule has 1 aromatic rings. The maximum atomic E-state index is 12.3. The minimum Gasteiger partial charge on any atom is -0.478 e. The second kappa shape index (κ2) is 5.28. The number of carboxylic acid groups (broad SMARTS) is 1. The molecule has 0 radical (unpaired) electrons. The lowest BCUT2D eigenvalue weighted by Crippen LogP contribution is -2.22. The molecule has 1 aromatic heterocycles. The molecular weight excluding hydrogens is 282 g/mol. The number of rotatable bonds is 5. The van der Waals surface area contributed by atoms with Crippen molar-refractivity contribution in [1.29, 1.82) is 0 Å². The van der Waals surface area contributed by atoms with Gasteiger partial charge in [0.25, 0.3) is 0 Å². The lowest BCUT2D eigenvalue weighted by Gasteiger charge is -2.14. The highest BCUT2D eigenvalue weighted by Crippen LogP contribution is 2.27. The van der Waals surface area contributed by atoms with Crippen molar-refractivity contribution in [2.45, 2.75) is 32.6 Å². The van der Waals surface area contributed by atoms with E-state index in [0.29, 0.717) is 24.2 Å². The summed E-state index contributed by atoms with van der Waals surface area (Å²) in [7, 11) is -3.54. The van der Waals surface area contributed by atoms with Crippen LogP contribution in [0.3, 0.4) is 0 Å². The van der Waals surface area contributed by atoms with Crippen molar-refractivity contribution < 1.29 is 18.3 Å². The van der Waals surface area contributed by atoms with Crippen molar-refractivity contribution in [2.24, 2.45) is 0 Å². The van der Waals surface area contributed by atoms with Crippen LogP contribution in [0.1, 0.15) is 37.6 Å². The summed E-state index contributed by atoms with van der Waals surface area (Å²) in [5.41, 5.74) is 6.73. The third kappa shape index (κ3) is 2.55. The minimum atomic E-state index is -3.54. The fraction of sp³-hybridized carbons (Fsp3) is 0.500. The number of hydrogen-bond acceptors (Lipinski definition) is 5. The number of carbonyl (C=O) groups is 1. The zero-order valence-electron chi connectivity index (χ0n) is 11.2. The Balaban J connectivity index is 2.47. The Hall–Kier alpha value is -1.83. The molecule has 3 N–H and O–H groups in total. The van der Waals surface area contributed by atoms with Gasteiger partial charge in [0.2, 0.25) is 16.0 Å². The van der Waals surface area contributed by atoms with E-state index < -0.39 is 16.0 Å². The Kier molecular flexibility index (Phi) is 3.85. The van der Waals surface area contributed by atoms with E-state index in [2.05, 4.69) is 4.98 Å². The lowest BCUT2D eigenvalue weighted by atomic mass is 10.0. The Morgan fingerprint density at radius 2 is 2.20 bits per heavy atom. The van der Waals surface area contributed by atoms with Gasteiger partial charge in [0.15, 0.2) is 0 Å². The Morgan fingerprint density at radius 1 is 1.50 bits per heavy atom. The standard InChI is InChI=1S/C12H17N3O4S/c1-2-3-6-20(18,19)15-10-5-4-8(11(16)17)7-9(10)14-12(15)13/h7H,2-6H2,1H3,(H2,13,14)(H,16,17). The number of aliphatic carboxylic acids is 1. The van der Waals surface area contributed by atoms with Gasteiger partial charge in [0.05, 0.1) is 17.1 Å². The predicted molar refractivity (Wildman–Crippen MR) is 74.7 cm³/mol. The molecular formula is C12H17N3O4S. The number of hydrogen-bond donors (Lipinski definition) is 2. The smallest absolute Gasteiger partial charge is 0.331 e. The highest BCUT2D eigenvalue weighted by atomic mass is 32.2. The second-order valence-corrected chi connectivity index (χ2v) is 6.65. The summed E-state index contributed by atoms with van der Waals surface area (Å²) >= 11 is 0. The van der Waals surface area contributed by atoms with Crippen molar-refractivity contribution in [3.05, 3.63) is 17.0 Å². The molecule has 0 aromatic carbocycles. The molecule has 0 saturated carbocycles. The van der Waals surface area contributed by atoms with Crippen LogP contribution in [0.15, 0.2) is 5.57 Å². The van der Waals surface area contributed by atoms with Crippen LogP contribution in [0.5, 0.6) is 0 Å². The third-order valence-electron chi connectivity index (χ3n) is 3.23. The normalized spacial score (nSPS) is 14.8. The molecule has 0 unspecified atom stereocenters. The van der Waals surface area contributed by atoms with Gasteiger partial charge in [-0.25, -0.2) is 22.2 Å². The number of nitrogens with zero attached hydrogens (tertiary/aromatic N) is 2. The van der Waals surface area contributed by atoms with Crippen molar-refractivity contribution in [1.82, 2.24) is 8.96 Å². The summed E-state index contributed by atoms with van der Waals surface area (Å²) in [5.74, 6) is -1.11. The van der Waals surface area contributed by atoms with Crippen molar-refractivity contribution in [3.8, 4) is 0 Å². The summed E-state index contributed by atoms with van der Waals surface area (Å²) in [6, 6.07) is 0. The van der Waals surface area contributed by atoms with Gasteiger partial charge in [-0.1, -0.05) is 13.3 Å². The first kappa shape index (κ1) is 14.6. The first-order valence-electron chi connectivity index (χ1n) is 6.41. The Bertz CT molecular complexity index is 673. The Morgan fingerprint density at radius 3 is 2.80 bits per heavy atom. The molecule has 0 bridgehead atoms. The molecule has 110 valence electrons. The predicted octanol–water partition coefficient (Wildman–Crippen LogP) is 0.857. The number of imidazole rings is 1. The number of aromatic nitrogens is 2. The van der Waals surface area contributed by atoms with Crippen molar-refractivity contribution >= 4 is 28.0 Å². The summed E-state index contributed by atoms with van der Waals surface area (Å²) in [6.07, 6.45) is 3.28. The van der Waals surface area contributed by atoms with Gasteiger partial charge < -0.3 is 10.8 Å². The van der Waals surface area contributed by atoms with E-state index in [1.807, 2.05) is 6.92 Å². The maximum Gasteiger partial charge on any atom is 0.331 e. The molecule has 1 aliphatic carbocycles. The van der Waals surface area contributed by atoms with Gasteiger partial charge >= 0.3 is 5.97 Å². The molecule has 8 heteroatoms. The van der Waals surface area contributed by atoms with E-state index >= 15 is 0 Å². The fourth-order valence-electron chi connectivity index (χ4n) is 2.21. The fourth-order valence-corrected chi connectivity index (χ4v) is 3.89. The van der Waals surface area contributed by atoms with Crippen molar-refractivity contribution in [2.75, 3.05) is 11.5 Å². The quantitative estimate of drug-likeness (QED) is 0.833. The van der Waals surface area contributed by atoms with E-state index in [1.54, 1.807) is 0 Å². The molecule has 0 aliphatic heterocycles. The zero-order chi connectivity index (χ0) is 14.9. The number of carboxylic acids is 1. The molecule has 20 heavy (non-hydrogen) atoms. The third-order valence-corrected chi connectivity index (χ3v) is 5.00. The molecule has 7 nitrogen and oxygen atoms in total. The van der Waals surface area contributed by atoms with Gasteiger partial charge in [-0.15, -0.1) is 0 Å². The first-order valence-corrected chi connectivity index (χ1v) is 8.02. The maximum absolute atomic E-state index is 12.3. The summed E-state index contributed by atoms with van der Waals surface area (Å²) < 4.78 is 25.6. The SMILES string of the molecule is CCCCS(=O)(=O)n1c(N)nc2c1CCC(C(=O)O)=C2. The van der Waals surface area contributed by atoms with Crippen LogP contribution >= 0.6 is 0 Å². The number of unbranched alkanes of at least 4 members (excludes halogenated alkanes) is 1.